The van der Waals surface area contributed by atoms with Gasteiger partial charge < -0.3 is 15.8 Å². The summed E-state index contributed by atoms with van der Waals surface area (Å²) in [6.07, 6.45) is -0.0480. The molecule has 0 aliphatic rings. The number of halogens is 2. The van der Waals surface area contributed by atoms with Gasteiger partial charge in [0, 0.05) is 11.3 Å². The van der Waals surface area contributed by atoms with Crippen LogP contribution >= 0.6 is 11.6 Å². The van der Waals surface area contributed by atoms with E-state index in [1.165, 1.54) is 36.4 Å². The Morgan fingerprint density at radius 1 is 1.10 bits per heavy atom. The van der Waals surface area contributed by atoms with Gasteiger partial charge in [-0.05, 0) is 55.0 Å². The number of ether oxygens (including phenoxy) is 1. The van der Waals surface area contributed by atoms with Crippen molar-refractivity contribution < 1.29 is 18.7 Å². The number of esters is 1. The average molecular weight is 413 g/mol. The minimum Gasteiger partial charge on any atom is -0.426 e. The number of primary amides is 1. The van der Waals surface area contributed by atoms with Crippen LogP contribution in [-0.2, 0) is 11.2 Å². The predicted octanol–water partition coefficient (Wildman–Crippen LogP) is 4.78. The summed E-state index contributed by atoms with van der Waals surface area (Å²) in [7, 11) is 0. The number of nitrogens with one attached hydrogen (secondary N) is 1. The lowest BCUT2D eigenvalue weighted by Gasteiger charge is -2.14. The van der Waals surface area contributed by atoms with Gasteiger partial charge in [0.25, 0.3) is 0 Å². The molecule has 0 aliphatic heterocycles. The number of anilines is 2. The second-order valence-electron chi connectivity index (χ2n) is 6.42. The van der Waals surface area contributed by atoms with Crippen molar-refractivity contribution in [2.75, 3.05) is 5.32 Å². The topological polar surface area (TPSA) is 81.4 Å². The number of carbonyl (C=O) groups excluding carboxylic acids is 2. The maximum absolute atomic E-state index is 14.1. The Balaban J connectivity index is 1.78. The van der Waals surface area contributed by atoms with E-state index in [0.29, 0.717) is 22.6 Å². The number of nitrogens with two attached hydrogens (primary N) is 1. The van der Waals surface area contributed by atoms with Crippen LogP contribution in [0.4, 0.5) is 15.8 Å². The van der Waals surface area contributed by atoms with Crippen molar-refractivity contribution in [3.05, 3.63) is 88.2 Å². The van der Waals surface area contributed by atoms with E-state index >= 15 is 0 Å². The molecule has 148 valence electrons. The Labute approximate surface area is 172 Å². The van der Waals surface area contributed by atoms with Crippen LogP contribution in [0.15, 0.2) is 60.7 Å². The van der Waals surface area contributed by atoms with Crippen molar-refractivity contribution in [2.24, 2.45) is 5.73 Å². The van der Waals surface area contributed by atoms with E-state index in [2.05, 4.69) is 5.32 Å². The van der Waals surface area contributed by atoms with Crippen molar-refractivity contribution in [2.45, 2.75) is 13.3 Å². The smallest absolute Gasteiger partial charge is 0.315 e. The van der Waals surface area contributed by atoms with Crippen LogP contribution in [0.3, 0.4) is 0 Å². The third-order valence-electron chi connectivity index (χ3n) is 4.19. The number of carbonyl (C=O) groups is 2. The van der Waals surface area contributed by atoms with Gasteiger partial charge in [0.1, 0.15) is 11.6 Å². The fourth-order valence-corrected chi connectivity index (χ4v) is 2.96. The van der Waals surface area contributed by atoms with Gasteiger partial charge in [0.2, 0.25) is 5.91 Å². The van der Waals surface area contributed by atoms with E-state index < -0.39 is 17.7 Å². The van der Waals surface area contributed by atoms with Gasteiger partial charge in [-0.15, -0.1) is 0 Å². The summed E-state index contributed by atoms with van der Waals surface area (Å²) in [6, 6.07) is 15.7. The van der Waals surface area contributed by atoms with E-state index in [1.807, 2.05) is 19.1 Å². The molecular weight excluding hydrogens is 395 g/mol. The second-order valence-corrected chi connectivity index (χ2v) is 6.83. The first-order valence-corrected chi connectivity index (χ1v) is 9.12. The van der Waals surface area contributed by atoms with Gasteiger partial charge in [-0.3, -0.25) is 9.59 Å². The average Bonchev–Trinajstić information content (AvgIpc) is 2.66. The van der Waals surface area contributed by atoms with Crippen LogP contribution in [0, 0.1) is 12.7 Å². The number of rotatable bonds is 6. The monoisotopic (exact) mass is 412 g/mol. The molecule has 3 aromatic rings. The summed E-state index contributed by atoms with van der Waals surface area (Å²) in [5, 5.41) is 3.19. The van der Waals surface area contributed by atoms with Gasteiger partial charge in [-0.1, -0.05) is 35.4 Å². The molecule has 0 heterocycles. The molecule has 0 bridgehead atoms. The van der Waals surface area contributed by atoms with Crippen molar-refractivity contribution in [1.29, 1.82) is 0 Å². The Morgan fingerprint density at radius 2 is 1.83 bits per heavy atom. The first kappa shape index (κ1) is 20.4. The lowest BCUT2D eigenvalue weighted by Crippen LogP contribution is -2.13. The SMILES string of the molecule is Cc1ccc(Nc2c(F)cccc2Cl)c(CC(=O)Oc2ccc(C(N)=O)cc2)c1. The molecule has 0 fully saturated rings. The largest absolute Gasteiger partial charge is 0.426 e. The lowest BCUT2D eigenvalue weighted by molar-refractivity contribution is -0.133. The molecule has 0 radical (unpaired) electrons. The van der Waals surface area contributed by atoms with E-state index in [9.17, 15) is 14.0 Å². The Hall–Kier alpha value is -3.38. The zero-order chi connectivity index (χ0) is 21.0. The molecule has 0 saturated heterocycles. The Kier molecular flexibility index (Phi) is 6.14. The first-order chi connectivity index (χ1) is 13.8. The fourth-order valence-electron chi connectivity index (χ4n) is 2.75. The quantitative estimate of drug-likeness (QED) is 0.451. The standard InChI is InChI=1S/C22H18ClFN2O3/c1-13-5-10-19(26-21-17(23)3-2-4-18(21)24)15(11-13)12-20(27)29-16-8-6-14(7-9-16)22(25)28/h2-11,26H,12H2,1H3,(H2,25,28). The van der Waals surface area contributed by atoms with Crippen LogP contribution in [0.2, 0.25) is 5.02 Å². The Morgan fingerprint density at radius 3 is 2.48 bits per heavy atom. The van der Waals surface area contributed by atoms with Crippen LogP contribution in [0.1, 0.15) is 21.5 Å². The van der Waals surface area contributed by atoms with Crippen molar-refractivity contribution in [1.82, 2.24) is 0 Å². The molecule has 1 amide bonds. The van der Waals surface area contributed by atoms with Gasteiger partial charge in [-0.2, -0.15) is 0 Å². The van der Waals surface area contributed by atoms with Crippen LogP contribution in [0.5, 0.6) is 5.75 Å². The number of hydrogen-bond donors (Lipinski definition) is 2. The molecule has 3 rings (SSSR count). The summed E-state index contributed by atoms with van der Waals surface area (Å²) >= 11 is 6.08. The van der Waals surface area contributed by atoms with Crippen LogP contribution in [-0.4, -0.2) is 11.9 Å². The van der Waals surface area contributed by atoms with E-state index in [1.54, 1.807) is 12.1 Å². The minimum absolute atomic E-state index is 0.0480. The lowest BCUT2D eigenvalue weighted by atomic mass is 10.1. The molecule has 0 unspecified atom stereocenters. The Bertz CT molecular complexity index is 1050. The highest BCUT2D eigenvalue weighted by atomic mass is 35.5. The maximum Gasteiger partial charge on any atom is 0.315 e. The molecule has 5 nitrogen and oxygen atoms in total. The molecule has 0 spiro atoms. The van der Waals surface area contributed by atoms with Crippen molar-refractivity contribution in [3.63, 3.8) is 0 Å². The van der Waals surface area contributed by atoms with Crippen molar-refractivity contribution in [3.8, 4) is 5.75 Å². The summed E-state index contributed by atoms with van der Waals surface area (Å²) in [5.41, 5.74) is 7.75. The molecule has 29 heavy (non-hydrogen) atoms. The van der Waals surface area contributed by atoms with E-state index in [-0.39, 0.29) is 17.1 Å². The van der Waals surface area contributed by atoms with Gasteiger partial charge in [0.15, 0.2) is 0 Å². The van der Waals surface area contributed by atoms with E-state index in [4.69, 9.17) is 22.1 Å². The first-order valence-electron chi connectivity index (χ1n) is 8.74. The molecule has 0 aromatic heterocycles. The number of hydrogen-bond acceptors (Lipinski definition) is 4. The van der Waals surface area contributed by atoms with Crippen molar-refractivity contribution >= 4 is 34.9 Å². The summed E-state index contributed by atoms with van der Waals surface area (Å²) in [6.45, 7) is 1.89. The summed E-state index contributed by atoms with van der Waals surface area (Å²) in [4.78, 5) is 23.5. The third kappa shape index (κ3) is 5.12. The maximum atomic E-state index is 14.1. The summed E-state index contributed by atoms with van der Waals surface area (Å²) in [5.74, 6) is -1.28. The number of aryl methyl sites for hydroxylation is 1. The number of amides is 1. The highest BCUT2D eigenvalue weighted by Crippen LogP contribution is 2.30. The second kappa shape index (κ2) is 8.75. The highest BCUT2D eigenvalue weighted by molar-refractivity contribution is 6.33. The van der Waals surface area contributed by atoms with Gasteiger partial charge in [-0.25, -0.2) is 4.39 Å². The van der Waals surface area contributed by atoms with Gasteiger partial charge >= 0.3 is 5.97 Å². The normalized spacial score (nSPS) is 10.4. The third-order valence-corrected chi connectivity index (χ3v) is 4.50. The van der Waals surface area contributed by atoms with Crippen LogP contribution < -0.4 is 15.8 Å². The molecule has 7 heteroatoms. The molecule has 3 aromatic carbocycles. The van der Waals surface area contributed by atoms with E-state index in [0.717, 1.165) is 5.56 Å². The van der Waals surface area contributed by atoms with Crippen LogP contribution in [0.25, 0.3) is 0 Å². The zero-order valence-electron chi connectivity index (χ0n) is 15.5. The zero-order valence-corrected chi connectivity index (χ0v) is 16.3. The molecule has 0 aliphatic carbocycles. The predicted molar refractivity (Wildman–Crippen MR) is 110 cm³/mol. The fraction of sp³-hybridized carbons (Fsp3) is 0.0909. The number of benzene rings is 3. The number of para-hydroxylation sites is 1. The highest BCUT2D eigenvalue weighted by Gasteiger charge is 2.14. The van der Waals surface area contributed by atoms with Gasteiger partial charge in [0.05, 0.1) is 17.1 Å². The summed E-state index contributed by atoms with van der Waals surface area (Å²) < 4.78 is 19.4. The molecular formula is C22H18ClFN2O3. The molecule has 0 saturated carbocycles. The minimum atomic E-state index is -0.565. The molecule has 0 atom stereocenters. The molecule has 3 N–H and O–H groups in total.